The molecule has 1 saturated heterocycles. The quantitative estimate of drug-likeness (QED) is 0.171. The molecule has 0 atom stereocenters. The van der Waals surface area contributed by atoms with Gasteiger partial charge in [0.1, 0.15) is 18.2 Å². The summed E-state index contributed by atoms with van der Waals surface area (Å²) < 4.78 is 20.0. The van der Waals surface area contributed by atoms with E-state index >= 15 is 0 Å². The number of amides is 2. The molecule has 1 heterocycles. The second-order valence-corrected chi connectivity index (χ2v) is 9.71. The standard InChI is InChI=1S/C24H15BrClFN2O5S/c25-17-4-8-21(34-13-14-1-6-19(7-2-14)29(32)33)16(9-17)10-22-23(30)28(24(31)35-22)12-15-3-5-18(27)11-20(15)26/h1-11H,12-13H2/b22-10-. The number of rotatable bonds is 7. The van der Waals surface area contributed by atoms with Gasteiger partial charge in [-0.25, -0.2) is 4.39 Å². The first-order valence-electron chi connectivity index (χ1n) is 10.1. The van der Waals surface area contributed by atoms with E-state index < -0.39 is 21.9 Å². The Morgan fingerprint density at radius 1 is 1.11 bits per heavy atom. The van der Waals surface area contributed by atoms with E-state index in [1.165, 1.54) is 24.3 Å². The normalized spacial score (nSPS) is 14.6. The number of imide groups is 1. The Bertz CT molecular complexity index is 1370. The first-order valence-corrected chi connectivity index (χ1v) is 12.0. The maximum Gasteiger partial charge on any atom is 0.293 e. The fraction of sp³-hybridized carbons (Fsp3) is 0.0833. The molecule has 0 bridgehead atoms. The Morgan fingerprint density at radius 2 is 1.86 bits per heavy atom. The Labute approximate surface area is 216 Å². The molecule has 4 rings (SSSR count). The summed E-state index contributed by atoms with van der Waals surface area (Å²) in [7, 11) is 0. The highest BCUT2D eigenvalue weighted by atomic mass is 79.9. The SMILES string of the molecule is O=C1S/C(=C\c2cc(Br)ccc2OCc2ccc([N+](=O)[O-])cc2)C(=O)N1Cc1ccc(F)cc1Cl. The number of hydrogen-bond donors (Lipinski definition) is 0. The van der Waals surface area contributed by atoms with Crippen LogP contribution in [0.25, 0.3) is 6.08 Å². The van der Waals surface area contributed by atoms with Gasteiger partial charge in [-0.2, -0.15) is 0 Å². The van der Waals surface area contributed by atoms with Gasteiger partial charge in [0.2, 0.25) is 0 Å². The molecule has 0 aliphatic carbocycles. The van der Waals surface area contributed by atoms with Crippen LogP contribution in [-0.2, 0) is 17.9 Å². The molecule has 178 valence electrons. The first kappa shape index (κ1) is 24.9. The predicted octanol–water partition coefficient (Wildman–Crippen LogP) is 6.97. The molecule has 35 heavy (non-hydrogen) atoms. The van der Waals surface area contributed by atoms with Crippen LogP contribution >= 0.6 is 39.3 Å². The number of nitro groups is 1. The third kappa shape index (κ3) is 5.90. The van der Waals surface area contributed by atoms with Crippen molar-refractivity contribution in [2.24, 2.45) is 0 Å². The van der Waals surface area contributed by atoms with Crippen molar-refractivity contribution in [3.63, 3.8) is 0 Å². The van der Waals surface area contributed by atoms with E-state index in [1.807, 2.05) is 0 Å². The van der Waals surface area contributed by atoms with E-state index in [0.717, 1.165) is 32.8 Å². The smallest absolute Gasteiger partial charge is 0.293 e. The lowest BCUT2D eigenvalue weighted by Gasteiger charge is -2.13. The molecule has 0 N–H and O–H groups in total. The van der Waals surface area contributed by atoms with Gasteiger partial charge in [0.25, 0.3) is 16.8 Å². The van der Waals surface area contributed by atoms with Crippen LogP contribution in [0.15, 0.2) is 70.0 Å². The molecular formula is C24H15BrClFN2O5S. The Hall–Kier alpha value is -3.21. The molecule has 0 spiro atoms. The molecule has 0 unspecified atom stereocenters. The highest BCUT2D eigenvalue weighted by molar-refractivity contribution is 9.10. The van der Waals surface area contributed by atoms with Crippen molar-refractivity contribution in [3.05, 3.63) is 108 Å². The minimum Gasteiger partial charge on any atom is -0.488 e. The number of hydrogen-bond acceptors (Lipinski definition) is 6. The summed E-state index contributed by atoms with van der Waals surface area (Å²) in [6, 6.07) is 15.0. The monoisotopic (exact) mass is 576 g/mol. The van der Waals surface area contributed by atoms with Crippen LogP contribution in [0.1, 0.15) is 16.7 Å². The molecule has 1 fully saturated rings. The number of thioether (sulfide) groups is 1. The number of ether oxygens (including phenoxy) is 1. The summed E-state index contributed by atoms with van der Waals surface area (Å²) in [6.45, 7) is 0.0636. The van der Waals surface area contributed by atoms with Crippen LogP contribution in [0.3, 0.4) is 0 Å². The van der Waals surface area contributed by atoms with Crippen LogP contribution in [0.4, 0.5) is 14.9 Å². The van der Waals surface area contributed by atoms with Crippen molar-refractivity contribution in [1.29, 1.82) is 0 Å². The van der Waals surface area contributed by atoms with Crippen molar-refractivity contribution >= 4 is 62.2 Å². The minimum atomic E-state index is -0.510. The summed E-state index contributed by atoms with van der Waals surface area (Å²) in [5.41, 5.74) is 1.72. The lowest BCUT2D eigenvalue weighted by molar-refractivity contribution is -0.384. The molecule has 0 radical (unpaired) electrons. The summed E-state index contributed by atoms with van der Waals surface area (Å²) in [5, 5.41) is 10.5. The Morgan fingerprint density at radius 3 is 2.54 bits per heavy atom. The third-order valence-corrected chi connectivity index (χ3v) is 6.77. The second kappa shape index (κ2) is 10.6. The zero-order valence-corrected chi connectivity index (χ0v) is 20.9. The zero-order chi connectivity index (χ0) is 25.1. The van der Waals surface area contributed by atoms with Gasteiger partial charge in [-0.05, 0) is 71.4 Å². The van der Waals surface area contributed by atoms with Crippen LogP contribution in [0.5, 0.6) is 5.75 Å². The predicted molar refractivity (Wildman–Crippen MR) is 134 cm³/mol. The Kier molecular flexibility index (Phi) is 7.54. The van der Waals surface area contributed by atoms with Crippen LogP contribution < -0.4 is 4.74 Å². The molecule has 3 aromatic rings. The van der Waals surface area contributed by atoms with E-state index in [2.05, 4.69) is 15.9 Å². The summed E-state index contributed by atoms with van der Waals surface area (Å²) in [5.74, 6) is -0.551. The van der Waals surface area contributed by atoms with Gasteiger partial charge in [-0.3, -0.25) is 24.6 Å². The highest BCUT2D eigenvalue weighted by Crippen LogP contribution is 2.36. The van der Waals surface area contributed by atoms with Crippen molar-refractivity contribution in [2.45, 2.75) is 13.2 Å². The fourth-order valence-corrected chi connectivity index (χ4v) is 4.67. The van der Waals surface area contributed by atoms with E-state index in [1.54, 1.807) is 36.4 Å². The van der Waals surface area contributed by atoms with E-state index in [4.69, 9.17) is 16.3 Å². The van der Waals surface area contributed by atoms with Crippen LogP contribution in [-0.4, -0.2) is 21.0 Å². The van der Waals surface area contributed by atoms with Crippen molar-refractivity contribution in [3.8, 4) is 5.75 Å². The molecule has 1 aliphatic heterocycles. The largest absolute Gasteiger partial charge is 0.488 e. The average molecular weight is 578 g/mol. The number of nitrogens with zero attached hydrogens (tertiary/aromatic N) is 2. The van der Waals surface area contributed by atoms with E-state index in [9.17, 15) is 24.1 Å². The molecule has 7 nitrogen and oxygen atoms in total. The number of nitro benzene ring substituents is 1. The summed E-state index contributed by atoms with van der Waals surface area (Å²) in [4.78, 5) is 37.1. The number of carbonyl (C=O) groups is 2. The molecular weight excluding hydrogens is 563 g/mol. The van der Waals surface area contributed by atoms with Gasteiger partial charge in [0, 0.05) is 27.2 Å². The third-order valence-electron chi connectivity index (χ3n) is 5.02. The highest BCUT2D eigenvalue weighted by Gasteiger charge is 2.35. The van der Waals surface area contributed by atoms with E-state index in [-0.39, 0.29) is 28.8 Å². The summed E-state index contributed by atoms with van der Waals surface area (Å²) >= 11 is 10.2. The molecule has 11 heteroatoms. The zero-order valence-electron chi connectivity index (χ0n) is 17.7. The topological polar surface area (TPSA) is 89.7 Å². The number of carbonyl (C=O) groups excluding carboxylic acids is 2. The van der Waals surface area contributed by atoms with Crippen LogP contribution in [0, 0.1) is 15.9 Å². The number of non-ortho nitro benzene ring substituents is 1. The van der Waals surface area contributed by atoms with Gasteiger partial charge >= 0.3 is 0 Å². The lowest BCUT2D eigenvalue weighted by Crippen LogP contribution is -2.27. The van der Waals surface area contributed by atoms with Gasteiger partial charge < -0.3 is 4.74 Å². The number of halogens is 3. The molecule has 0 saturated carbocycles. The van der Waals surface area contributed by atoms with Gasteiger partial charge in [-0.1, -0.05) is 33.6 Å². The average Bonchev–Trinajstić information content (AvgIpc) is 3.07. The van der Waals surface area contributed by atoms with Crippen molar-refractivity contribution in [2.75, 3.05) is 0 Å². The van der Waals surface area contributed by atoms with E-state index in [0.29, 0.717) is 16.9 Å². The fourth-order valence-electron chi connectivity index (χ4n) is 3.24. The second-order valence-electron chi connectivity index (χ2n) is 7.40. The molecule has 0 aromatic heterocycles. The van der Waals surface area contributed by atoms with Crippen molar-refractivity contribution in [1.82, 2.24) is 4.90 Å². The molecule has 1 aliphatic rings. The number of benzene rings is 3. The van der Waals surface area contributed by atoms with Crippen molar-refractivity contribution < 1.29 is 23.6 Å². The van der Waals surface area contributed by atoms with Crippen LogP contribution in [0.2, 0.25) is 5.02 Å². The molecule has 3 aromatic carbocycles. The maximum atomic E-state index is 13.3. The maximum absolute atomic E-state index is 13.3. The van der Waals surface area contributed by atoms with Gasteiger partial charge in [-0.15, -0.1) is 0 Å². The molecule has 2 amide bonds. The van der Waals surface area contributed by atoms with Gasteiger partial charge in [0.15, 0.2) is 0 Å². The Balaban J connectivity index is 1.53. The first-order chi connectivity index (χ1) is 16.7. The lowest BCUT2D eigenvalue weighted by atomic mass is 10.1. The van der Waals surface area contributed by atoms with Gasteiger partial charge in [0.05, 0.1) is 16.4 Å². The minimum absolute atomic E-state index is 0.0178. The summed E-state index contributed by atoms with van der Waals surface area (Å²) in [6.07, 6.45) is 1.56.